The van der Waals surface area contributed by atoms with Crippen LogP contribution in [0.3, 0.4) is 0 Å². The maximum Gasteiger partial charge on any atom is 0.306 e. The van der Waals surface area contributed by atoms with Crippen LogP contribution in [0.2, 0.25) is 0 Å². The molecule has 0 spiro atoms. The molecule has 6 aromatic rings. The zero-order chi connectivity index (χ0) is 28.1. The van der Waals surface area contributed by atoms with Crippen molar-refractivity contribution in [1.82, 2.24) is 15.0 Å². The van der Waals surface area contributed by atoms with E-state index >= 15 is 0 Å². The van der Waals surface area contributed by atoms with Crippen LogP contribution in [0.1, 0.15) is 5.56 Å². The van der Waals surface area contributed by atoms with Crippen molar-refractivity contribution < 1.29 is 9.09 Å². The Hall–Kier alpha value is -5.12. The minimum Gasteiger partial charge on any atom is -0.437 e. The normalized spacial score (nSPS) is 11.1. The van der Waals surface area contributed by atoms with E-state index in [0.717, 1.165) is 22.3 Å². The minimum absolute atomic E-state index is 0.488. The SMILES string of the molecule is C=Cc1ccc(-c2nc(-c3ccccc3)nc(-c3ccc(OP(=O)(c4ccccc4)c4ccccc4)cc3)n2)cc1. The summed E-state index contributed by atoms with van der Waals surface area (Å²) in [6.07, 6.45) is 1.80. The summed E-state index contributed by atoms with van der Waals surface area (Å²) in [7, 11) is -3.38. The van der Waals surface area contributed by atoms with Gasteiger partial charge in [-0.25, -0.2) is 15.0 Å². The van der Waals surface area contributed by atoms with Gasteiger partial charge >= 0.3 is 7.37 Å². The van der Waals surface area contributed by atoms with Crippen LogP contribution in [0.4, 0.5) is 0 Å². The van der Waals surface area contributed by atoms with Gasteiger partial charge in [-0.15, -0.1) is 0 Å². The maximum atomic E-state index is 14.3. The first-order valence-corrected chi connectivity index (χ1v) is 14.8. The molecule has 0 amide bonds. The average molecular weight is 552 g/mol. The van der Waals surface area contributed by atoms with E-state index in [0.29, 0.717) is 33.8 Å². The van der Waals surface area contributed by atoms with Crippen molar-refractivity contribution in [2.24, 2.45) is 0 Å². The first kappa shape index (κ1) is 26.1. The largest absolute Gasteiger partial charge is 0.437 e. The minimum atomic E-state index is -3.38. The lowest BCUT2D eigenvalue weighted by molar-refractivity contribution is 0.503. The lowest BCUT2D eigenvalue weighted by Crippen LogP contribution is -2.20. The summed E-state index contributed by atoms with van der Waals surface area (Å²) in [5, 5.41) is 1.26. The second-order valence-electron chi connectivity index (χ2n) is 9.34. The monoisotopic (exact) mass is 551 g/mol. The molecule has 41 heavy (non-hydrogen) atoms. The lowest BCUT2D eigenvalue weighted by atomic mass is 10.1. The summed E-state index contributed by atoms with van der Waals surface area (Å²) in [6, 6.07) is 43.7. The first-order chi connectivity index (χ1) is 20.1. The Kier molecular flexibility index (Phi) is 7.36. The van der Waals surface area contributed by atoms with E-state index in [2.05, 4.69) is 6.58 Å². The number of hydrogen-bond donors (Lipinski definition) is 0. The lowest BCUT2D eigenvalue weighted by Gasteiger charge is -2.20. The molecule has 6 rings (SSSR count). The van der Waals surface area contributed by atoms with E-state index in [9.17, 15) is 4.57 Å². The Labute approximate surface area is 239 Å². The zero-order valence-corrected chi connectivity index (χ0v) is 23.1. The van der Waals surface area contributed by atoms with Gasteiger partial charge < -0.3 is 4.52 Å². The Balaban J connectivity index is 1.38. The van der Waals surface area contributed by atoms with E-state index in [1.54, 1.807) is 18.2 Å². The molecule has 1 heterocycles. The van der Waals surface area contributed by atoms with Gasteiger partial charge in [0, 0.05) is 16.7 Å². The van der Waals surface area contributed by atoms with Crippen molar-refractivity contribution >= 4 is 24.1 Å². The third-order valence-electron chi connectivity index (χ3n) is 6.61. The number of rotatable bonds is 8. The van der Waals surface area contributed by atoms with Crippen LogP contribution in [0.25, 0.3) is 40.2 Å². The van der Waals surface area contributed by atoms with Crippen molar-refractivity contribution in [1.29, 1.82) is 0 Å². The highest BCUT2D eigenvalue weighted by atomic mass is 31.2. The predicted molar refractivity (Wildman–Crippen MR) is 167 cm³/mol. The van der Waals surface area contributed by atoms with Crippen LogP contribution in [0.5, 0.6) is 5.75 Å². The molecule has 5 nitrogen and oxygen atoms in total. The second-order valence-corrected chi connectivity index (χ2v) is 11.7. The molecular formula is C35H26N3O2P. The predicted octanol–water partition coefficient (Wildman–Crippen LogP) is 7.82. The Morgan fingerprint density at radius 3 is 1.34 bits per heavy atom. The quantitative estimate of drug-likeness (QED) is 0.181. The third kappa shape index (κ3) is 5.62. The van der Waals surface area contributed by atoms with Crippen molar-refractivity contribution in [3.8, 4) is 39.9 Å². The van der Waals surface area contributed by atoms with Crippen molar-refractivity contribution in [3.05, 3.63) is 152 Å². The fourth-order valence-corrected chi connectivity index (χ4v) is 6.49. The number of aromatic nitrogens is 3. The number of nitrogens with zero attached hydrogens (tertiary/aromatic N) is 3. The molecule has 5 aromatic carbocycles. The van der Waals surface area contributed by atoms with Gasteiger partial charge in [0.25, 0.3) is 0 Å². The molecule has 0 fully saturated rings. The highest BCUT2D eigenvalue weighted by Crippen LogP contribution is 2.45. The zero-order valence-electron chi connectivity index (χ0n) is 22.2. The highest BCUT2D eigenvalue weighted by molar-refractivity contribution is 7.74. The molecule has 0 atom stereocenters. The van der Waals surface area contributed by atoms with Crippen molar-refractivity contribution in [2.45, 2.75) is 0 Å². The summed E-state index contributed by atoms with van der Waals surface area (Å²) in [4.78, 5) is 14.4. The molecule has 0 aliphatic carbocycles. The van der Waals surface area contributed by atoms with Gasteiger partial charge in [-0.05, 0) is 54.1 Å². The summed E-state index contributed by atoms with van der Waals surface area (Å²) in [5.41, 5.74) is 3.58. The van der Waals surface area contributed by atoms with Gasteiger partial charge in [0.2, 0.25) is 0 Å². The number of hydrogen-bond acceptors (Lipinski definition) is 5. The molecule has 1 aromatic heterocycles. The van der Waals surface area contributed by atoms with Crippen molar-refractivity contribution in [2.75, 3.05) is 0 Å². The molecule has 0 saturated carbocycles. The molecule has 0 bridgehead atoms. The standard InChI is InChI=1S/C35H26N3O2P/c1-2-26-18-20-28(21-19-26)34-36-33(27-12-6-3-7-13-27)37-35(38-34)29-22-24-30(25-23-29)40-41(39,31-14-8-4-9-15-31)32-16-10-5-11-17-32/h2-25H,1H2. The fourth-order valence-electron chi connectivity index (χ4n) is 4.44. The van der Waals surface area contributed by atoms with E-state index < -0.39 is 7.37 Å². The van der Waals surface area contributed by atoms with E-state index in [1.165, 1.54) is 0 Å². The highest BCUT2D eigenvalue weighted by Gasteiger charge is 2.30. The molecule has 6 heteroatoms. The van der Waals surface area contributed by atoms with Gasteiger partial charge in [-0.1, -0.05) is 104 Å². The van der Waals surface area contributed by atoms with E-state index in [-0.39, 0.29) is 0 Å². The second kappa shape index (κ2) is 11.5. The van der Waals surface area contributed by atoms with Crippen LogP contribution in [-0.4, -0.2) is 15.0 Å². The van der Waals surface area contributed by atoms with Gasteiger partial charge in [0.1, 0.15) is 5.75 Å². The van der Waals surface area contributed by atoms with Crippen LogP contribution in [0, 0.1) is 0 Å². The molecule has 0 unspecified atom stereocenters. The van der Waals surface area contributed by atoms with Gasteiger partial charge in [-0.2, -0.15) is 0 Å². The fraction of sp³-hybridized carbons (Fsp3) is 0. The molecule has 0 aliphatic rings. The molecule has 0 N–H and O–H groups in total. The Morgan fingerprint density at radius 1 is 0.512 bits per heavy atom. The summed E-state index contributed by atoms with van der Waals surface area (Å²) < 4.78 is 20.6. The Morgan fingerprint density at radius 2 is 0.902 bits per heavy atom. The van der Waals surface area contributed by atoms with Crippen LogP contribution >= 0.6 is 7.37 Å². The molecule has 0 saturated heterocycles. The topological polar surface area (TPSA) is 65.0 Å². The molecule has 198 valence electrons. The molecule has 0 aliphatic heterocycles. The van der Waals surface area contributed by atoms with Gasteiger partial charge in [0.05, 0.1) is 10.6 Å². The summed E-state index contributed by atoms with van der Waals surface area (Å²) >= 11 is 0. The van der Waals surface area contributed by atoms with E-state index in [1.807, 2.05) is 127 Å². The maximum absolute atomic E-state index is 14.3. The average Bonchev–Trinajstić information content (AvgIpc) is 3.06. The van der Waals surface area contributed by atoms with Gasteiger partial charge in [-0.3, -0.25) is 4.57 Å². The number of benzene rings is 5. The van der Waals surface area contributed by atoms with Crippen LogP contribution in [-0.2, 0) is 4.57 Å². The van der Waals surface area contributed by atoms with Crippen LogP contribution in [0.15, 0.2) is 146 Å². The molecular weight excluding hydrogens is 525 g/mol. The van der Waals surface area contributed by atoms with Crippen molar-refractivity contribution in [3.63, 3.8) is 0 Å². The summed E-state index contributed by atoms with van der Waals surface area (Å²) in [6.45, 7) is 3.84. The van der Waals surface area contributed by atoms with Gasteiger partial charge in [0.15, 0.2) is 17.5 Å². The molecule has 0 radical (unpaired) electrons. The first-order valence-electron chi connectivity index (χ1n) is 13.2. The summed E-state index contributed by atoms with van der Waals surface area (Å²) in [5.74, 6) is 2.17. The third-order valence-corrected chi connectivity index (χ3v) is 9.03. The van der Waals surface area contributed by atoms with Crippen LogP contribution < -0.4 is 15.1 Å². The van der Waals surface area contributed by atoms with E-state index in [4.69, 9.17) is 19.5 Å². The Bertz CT molecular complexity index is 1780. The smallest absolute Gasteiger partial charge is 0.306 e.